The Morgan fingerprint density at radius 3 is 2.27 bits per heavy atom. The molecule has 0 amide bonds. The van der Waals surface area contributed by atoms with E-state index in [1.54, 1.807) is 0 Å². The van der Waals surface area contributed by atoms with E-state index in [0.29, 0.717) is 18.8 Å². The normalized spacial score (nSPS) is 10.3. The zero-order valence-electron chi connectivity index (χ0n) is 8.36. The lowest BCUT2D eigenvalue weighted by Crippen LogP contribution is -2.30. The third-order valence-corrected chi connectivity index (χ3v) is 2.74. The van der Waals surface area contributed by atoms with E-state index in [1.807, 2.05) is 23.1 Å². The minimum Gasteiger partial charge on any atom is -0.397 e. The third-order valence-electron chi connectivity index (χ3n) is 2.07. The highest BCUT2D eigenvalue weighted by atomic mass is 127. The molecular formula is C10H15IN2O2. The number of anilines is 2. The van der Waals surface area contributed by atoms with Crippen LogP contribution in [0.25, 0.3) is 0 Å². The van der Waals surface area contributed by atoms with Crippen LogP contribution in [0.2, 0.25) is 0 Å². The number of nitrogen functional groups attached to an aromatic ring is 1. The fraction of sp³-hybridized carbons (Fsp3) is 0.400. The molecule has 4 nitrogen and oxygen atoms in total. The average Bonchev–Trinajstić information content (AvgIpc) is 2.17. The monoisotopic (exact) mass is 322 g/mol. The van der Waals surface area contributed by atoms with Crippen molar-refractivity contribution < 1.29 is 10.2 Å². The van der Waals surface area contributed by atoms with Crippen molar-refractivity contribution >= 4 is 34.0 Å². The quantitative estimate of drug-likeness (QED) is 0.550. The molecule has 0 saturated heterocycles. The standard InChI is InChI=1S/C10H15IN2O2/c11-8-1-2-10(9(12)7-8)13(3-5-14)4-6-15/h1-2,7,14-15H,3-6,12H2. The molecular weight excluding hydrogens is 307 g/mol. The van der Waals surface area contributed by atoms with Gasteiger partial charge in [-0.15, -0.1) is 0 Å². The van der Waals surface area contributed by atoms with E-state index in [1.165, 1.54) is 0 Å². The lowest BCUT2D eigenvalue weighted by atomic mass is 10.2. The van der Waals surface area contributed by atoms with Crippen molar-refractivity contribution in [3.05, 3.63) is 21.8 Å². The van der Waals surface area contributed by atoms with Gasteiger partial charge in [-0.1, -0.05) is 0 Å². The van der Waals surface area contributed by atoms with Crippen LogP contribution in [0.3, 0.4) is 0 Å². The smallest absolute Gasteiger partial charge is 0.0606 e. The average molecular weight is 322 g/mol. The molecule has 1 aromatic rings. The molecule has 0 aromatic heterocycles. The number of hydrogen-bond donors (Lipinski definition) is 3. The molecule has 0 radical (unpaired) electrons. The second-order valence-electron chi connectivity index (χ2n) is 3.14. The molecule has 0 aliphatic carbocycles. The highest BCUT2D eigenvalue weighted by Gasteiger charge is 2.08. The molecule has 1 rings (SSSR count). The summed E-state index contributed by atoms with van der Waals surface area (Å²) in [5, 5.41) is 17.8. The summed E-state index contributed by atoms with van der Waals surface area (Å²) in [4.78, 5) is 1.87. The molecule has 1 aromatic carbocycles. The maximum absolute atomic E-state index is 8.90. The van der Waals surface area contributed by atoms with Crippen molar-refractivity contribution in [1.29, 1.82) is 0 Å². The van der Waals surface area contributed by atoms with Gasteiger partial charge in [-0.2, -0.15) is 0 Å². The van der Waals surface area contributed by atoms with E-state index in [-0.39, 0.29) is 13.2 Å². The Morgan fingerprint density at radius 2 is 1.80 bits per heavy atom. The highest BCUT2D eigenvalue weighted by Crippen LogP contribution is 2.24. The molecule has 5 heteroatoms. The topological polar surface area (TPSA) is 69.7 Å². The van der Waals surface area contributed by atoms with Crippen LogP contribution >= 0.6 is 22.6 Å². The molecule has 0 heterocycles. The third kappa shape index (κ3) is 3.51. The lowest BCUT2D eigenvalue weighted by Gasteiger charge is -2.24. The number of nitrogens with zero attached hydrogens (tertiary/aromatic N) is 1. The van der Waals surface area contributed by atoms with Crippen molar-refractivity contribution in [2.45, 2.75) is 0 Å². The molecule has 0 spiro atoms. The summed E-state index contributed by atoms with van der Waals surface area (Å²) in [6.45, 7) is 1.05. The second-order valence-corrected chi connectivity index (χ2v) is 4.38. The summed E-state index contributed by atoms with van der Waals surface area (Å²) in [6.07, 6.45) is 0. The van der Waals surface area contributed by atoms with Crippen molar-refractivity contribution in [3.63, 3.8) is 0 Å². The fourth-order valence-corrected chi connectivity index (χ4v) is 1.92. The molecule has 0 aliphatic rings. The summed E-state index contributed by atoms with van der Waals surface area (Å²) >= 11 is 2.19. The molecule has 0 saturated carbocycles. The van der Waals surface area contributed by atoms with Gasteiger partial charge in [0.05, 0.1) is 24.6 Å². The van der Waals surface area contributed by atoms with Crippen LogP contribution in [0.5, 0.6) is 0 Å². The van der Waals surface area contributed by atoms with E-state index < -0.39 is 0 Å². The van der Waals surface area contributed by atoms with E-state index in [2.05, 4.69) is 22.6 Å². The summed E-state index contributed by atoms with van der Waals surface area (Å²) in [5.41, 5.74) is 7.40. The predicted octanol–water partition coefficient (Wildman–Crippen LogP) is 0.664. The van der Waals surface area contributed by atoms with Crippen LogP contribution in [0.15, 0.2) is 18.2 Å². The zero-order chi connectivity index (χ0) is 11.3. The number of halogens is 1. The number of rotatable bonds is 5. The Kier molecular flexibility index (Phi) is 5.13. The first-order valence-electron chi connectivity index (χ1n) is 4.70. The van der Waals surface area contributed by atoms with Crippen molar-refractivity contribution in [2.24, 2.45) is 0 Å². The number of aliphatic hydroxyl groups is 2. The van der Waals surface area contributed by atoms with Crippen LogP contribution in [0, 0.1) is 3.57 Å². The van der Waals surface area contributed by atoms with Gasteiger partial charge < -0.3 is 20.8 Å². The molecule has 84 valence electrons. The van der Waals surface area contributed by atoms with Gasteiger partial charge in [0.2, 0.25) is 0 Å². The molecule has 0 fully saturated rings. The largest absolute Gasteiger partial charge is 0.397 e. The summed E-state index contributed by atoms with van der Waals surface area (Å²) in [7, 11) is 0. The van der Waals surface area contributed by atoms with Crippen molar-refractivity contribution in [3.8, 4) is 0 Å². The van der Waals surface area contributed by atoms with E-state index in [0.717, 1.165) is 9.26 Å². The number of nitrogens with two attached hydrogens (primary N) is 1. The number of hydrogen-bond acceptors (Lipinski definition) is 4. The minimum atomic E-state index is 0.0471. The SMILES string of the molecule is Nc1cc(I)ccc1N(CCO)CCO. The molecule has 0 unspecified atom stereocenters. The maximum Gasteiger partial charge on any atom is 0.0606 e. The highest BCUT2D eigenvalue weighted by molar-refractivity contribution is 14.1. The number of aliphatic hydroxyl groups excluding tert-OH is 2. The zero-order valence-corrected chi connectivity index (χ0v) is 10.5. The van der Waals surface area contributed by atoms with Crippen molar-refractivity contribution in [1.82, 2.24) is 0 Å². The van der Waals surface area contributed by atoms with Gasteiger partial charge in [-0.25, -0.2) is 0 Å². The van der Waals surface area contributed by atoms with Gasteiger partial charge in [0.1, 0.15) is 0 Å². The van der Waals surface area contributed by atoms with Gasteiger partial charge in [0.25, 0.3) is 0 Å². The van der Waals surface area contributed by atoms with Crippen LogP contribution < -0.4 is 10.6 Å². The molecule has 0 bridgehead atoms. The van der Waals surface area contributed by atoms with Gasteiger partial charge in [0, 0.05) is 16.7 Å². The first-order chi connectivity index (χ1) is 7.19. The van der Waals surface area contributed by atoms with Crippen LogP contribution in [0.1, 0.15) is 0 Å². The van der Waals surface area contributed by atoms with E-state index in [4.69, 9.17) is 15.9 Å². The van der Waals surface area contributed by atoms with Crippen LogP contribution in [-0.4, -0.2) is 36.5 Å². The summed E-state index contributed by atoms with van der Waals surface area (Å²) in [5.74, 6) is 0. The Morgan fingerprint density at radius 1 is 1.20 bits per heavy atom. The maximum atomic E-state index is 8.90. The van der Waals surface area contributed by atoms with Crippen LogP contribution in [0.4, 0.5) is 11.4 Å². The predicted molar refractivity (Wildman–Crippen MR) is 70.0 cm³/mol. The summed E-state index contributed by atoms with van der Waals surface area (Å²) < 4.78 is 1.07. The fourth-order valence-electron chi connectivity index (χ4n) is 1.41. The Bertz CT molecular complexity index is 314. The molecule has 4 N–H and O–H groups in total. The molecule has 0 atom stereocenters. The first kappa shape index (κ1) is 12.5. The Labute approximate surface area is 103 Å². The van der Waals surface area contributed by atoms with Crippen molar-refractivity contribution in [2.75, 3.05) is 36.9 Å². The van der Waals surface area contributed by atoms with Gasteiger partial charge in [0.15, 0.2) is 0 Å². The van der Waals surface area contributed by atoms with Crippen LogP contribution in [-0.2, 0) is 0 Å². The first-order valence-corrected chi connectivity index (χ1v) is 5.78. The number of benzene rings is 1. The molecule has 15 heavy (non-hydrogen) atoms. The summed E-state index contributed by atoms with van der Waals surface area (Å²) in [6, 6.07) is 5.73. The van der Waals surface area contributed by atoms with Gasteiger partial charge in [-0.05, 0) is 40.8 Å². The Hall–Kier alpha value is -0.530. The minimum absolute atomic E-state index is 0.0471. The Balaban J connectivity index is 2.89. The van der Waals surface area contributed by atoms with Gasteiger partial charge >= 0.3 is 0 Å². The van der Waals surface area contributed by atoms with E-state index >= 15 is 0 Å². The van der Waals surface area contributed by atoms with E-state index in [9.17, 15) is 0 Å². The lowest BCUT2D eigenvalue weighted by molar-refractivity contribution is 0.281. The molecule has 0 aliphatic heterocycles. The second kappa shape index (κ2) is 6.14. The van der Waals surface area contributed by atoms with Gasteiger partial charge in [-0.3, -0.25) is 0 Å².